The van der Waals surface area contributed by atoms with Crippen LogP contribution in [0.2, 0.25) is 0 Å². The fourth-order valence-electron chi connectivity index (χ4n) is 2.35. The largest absolute Gasteiger partial charge is 0.352 e. The molecule has 0 radical (unpaired) electrons. The molecule has 1 aliphatic rings. The molecule has 3 heteroatoms. The van der Waals surface area contributed by atoms with Crippen molar-refractivity contribution in [3.8, 4) is 0 Å². The van der Waals surface area contributed by atoms with Crippen LogP contribution < -0.4 is 10.6 Å². The lowest BCUT2D eigenvalue weighted by atomic mass is 10.1. The second-order valence-electron chi connectivity index (χ2n) is 5.62. The third-order valence-corrected chi connectivity index (χ3v) is 3.39. The van der Waals surface area contributed by atoms with Crippen LogP contribution >= 0.6 is 0 Å². The summed E-state index contributed by atoms with van der Waals surface area (Å²) in [6.07, 6.45) is 8.60. The molecule has 100 valence electrons. The predicted molar refractivity (Wildman–Crippen MR) is 72.0 cm³/mol. The Morgan fingerprint density at radius 3 is 2.59 bits per heavy atom. The van der Waals surface area contributed by atoms with Crippen LogP contribution in [0, 0.1) is 5.92 Å². The van der Waals surface area contributed by atoms with E-state index in [2.05, 4.69) is 24.5 Å². The normalized spacial score (nSPS) is 16.6. The minimum absolute atomic E-state index is 0.167. The first kappa shape index (κ1) is 14.5. The van der Waals surface area contributed by atoms with Crippen molar-refractivity contribution in [2.45, 2.75) is 64.8 Å². The van der Waals surface area contributed by atoms with Gasteiger partial charge in [0.25, 0.3) is 0 Å². The summed E-state index contributed by atoms with van der Waals surface area (Å²) in [5.41, 5.74) is 0. The van der Waals surface area contributed by atoms with Crippen molar-refractivity contribution >= 4 is 5.91 Å². The highest BCUT2D eigenvalue weighted by atomic mass is 16.1. The monoisotopic (exact) mass is 240 g/mol. The molecule has 0 aromatic rings. The molecule has 0 unspecified atom stereocenters. The van der Waals surface area contributed by atoms with Crippen molar-refractivity contribution in [2.24, 2.45) is 5.92 Å². The number of nitrogens with one attached hydrogen (secondary N) is 2. The van der Waals surface area contributed by atoms with Crippen molar-refractivity contribution in [1.29, 1.82) is 0 Å². The lowest BCUT2D eigenvalue weighted by molar-refractivity contribution is -0.120. The molecule has 1 rings (SSSR count). The summed E-state index contributed by atoms with van der Waals surface area (Å²) in [4.78, 5) is 11.6. The van der Waals surface area contributed by atoms with Crippen LogP contribution in [0.25, 0.3) is 0 Å². The third-order valence-electron chi connectivity index (χ3n) is 3.39. The Morgan fingerprint density at radius 2 is 1.94 bits per heavy atom. The molecular formula is C14H28N2O. The van der Waals surface area contributed by atoms with Crippen LogP contribution in [0.15, 0.2) is 0 Å². The number of hydrogen-bond acceptors (Lipinski definition) is 2. The van der Waals surface area contributed by atoms with Gasteiger partial charge in [0.05, 0.1) is 6.54 Å². The molecule has 1 aliphatic carbocycles. The van der Waals surface area contributed by atoms with Gasteiger partial charge >= 0.3 is 0 Å². The van der Waals surface area contributed by atoms with E-state index in [1.54, 1.807) is 0 Å². The van der Waals surface area contributed by atoms with Crippen LogP contribution in [0.1, 0.15) is 58.8 Å². The Hall–Kier alpha value is -0.570. The van der Waals surface area contributed by atoms with Gasteiger partial charge in [-0.1, -0.05) is 39.5 Å². The molecular weight excluding hydrogens is 212 g/mol. The maximum Gasteiger partial charge on any atom is 0.234 e. The molecule has 3 nitrogen and oxygen atoms in total. The van der Waals surface area contributed by atoms with Gasteiger partial charge in [0, 0.05) is 6.04 Å². The number of hydrogen-bond donors (Lipinski definition) is 2. The van der Waals surface area contributed by atoms with E-state index in [-0.39, 0.29) is 5.91 Å². The lowest BCUT2D eigenvalue weighted by Crippen LogP contribution is -2.39. The van der Waals surface area contributed by atoms with E-state index in [1.807, 2.05) is 0 Å². The summed E-state index contributed by atoms with van der Waals surface area (Å²) in [7, 11) is 0. The maximum atomic E-state index is 11.6. The van der Waals surface area contributed by atoms with Crippen LogP contribution in [0.4, 0.5) is 0 Å². The second kappa shape index (κ2) is 8.51. The van der Waals surface area contributed by atoms with Crippen LogP contribution in [0.3, 0.4) is 0 Å². The summed E-state index contributed by atoms with van der Waals surface area (Å²) in [6.45, 7) is 5.95. The zero-order chi connectivity index (χ0) is 12.5. The zero-order valence-corrected chi connectivity index (χ0v) is 11.4. The van der Waals surface area contributed by atoms with E-state index in [4.69, 9.17) is 0 Å². The van der Waals surface area contributed by atoms with Gasteiger partial charge in [-0.25, -0.2) is 0 Å². The van der Waals surface area contributed by atoms with Crippen molar-refractivity contribution in [3.63, 3.8) is 0 Å². The molecule has 0 bridgehead atoms. The predicted octanol–water partition coefficient (Wildman–Crippen LogP) is 2.46. The van der Waals surface area contributed by atoms with Crippen LogP contribution in [-0.4, -0.2) is 25.0 Å². The molecule has 0 atom stereocenters. The summed E-state index contributed by atoms with van der Waals surface area (Å²) in [6, 6.07) is 0.449. The van der Waals surface area contributed by atoms with E-state index in [0.717, 1.165) is 12.5 Å². The van der Waals surface area contributed by atoms with E-state index in [9.17, 15) is 4.79 Å². The lowest BCUT2D eigenvalue weighted by Gasteiger charge is -2.12. The third kappa shape index (κ3) is 7.37. The number of rotatable bonds is 8. The fraction of sp³-hybridized carbons (Fsp3) is 0.929. The first-order valence-electron chi connectivity index (χ1n) is 7.18. The summed E-state index contributed by atoms with van der Waals surface area (Å²) >= 11 is 0. The van der Waals surface area contributed by atoms with Crippen molar-refractivity contribution in [3.05, 3.63) is 0 Å². The minimum Gasteiger partial charge on any atom is -0.352 e. The van der Waals surface area contributed by atoms with Gasteiger partial charge in [-0.15, -0.1) is 0 Å². The molecule has 0 aromatic carbocycles. The maximum absolute atomic E-state index is 11.6. The quantitative estimate of drug-likeness (QED) is 0.640. The topological polar surface area (TPSA) is 41.1 Å². The molecule has 2 N–H and O–H groups in total. The molecule has 1 saturated carbocycles. The van der Waals surface area contributed by atoms with E-state index in [0.29, 0.717) is 12.6 Å². The van der Waals surface area contributed by atoms with Gasteiger partial charge in [-0.2, -0.15) is 0 Å². The number of unbranched alkanes of at least 4 members (excludes halogenated alkanes) is 1. The van der Waals surface area contributed by atoms with E-state index >= 15 is 0 Å². The Bertz CT molecular complexity index is 210. The van der Waals surface area contributed by atoms with Gasteiger partial charge in [-0.3, -0.25) is 4.79 Å². The highest BCUT2D eigenvalue weighted by Gasteiger charge is 2.16. The van der Waals surface area contributed by atoms with Gasteiger partial charge < -0.3 is 10.6 Å². The Labute approximate surface area is 106 Å². The standard InChI is InChI=1S/C14H28N2O/c1-12(2)7-5-6-10-15-11-14(17)16-13-8-3-4-9-13/h12-13,15H,3-11H2,1-2H3,(H,16,17). The van der Waals surface area contributed by atoms with Crippen LogP contribution in [-0.2, 0) is 4.79 Å². The minimum atomic E-state index is 0.167. The molecule has 0 saturated heterocycles. The van der Waals surface area contributed by atoms with Crippen LogP contribution in [0.5, 0.6) is 0 Å². The molecule has 17 heavy (non-hydrogen) atoms. The molecule has 1 amide bonds. The number of carbonyl (C=O) groups is 1. The fourth-order valence-corrected chi connectivity index (χ4v) is 2.35. The SMILES string of the molecule is CC(C)CCCCNCC(=O)NC1CCCC1. The van der Waals surface area contributed by atoms with Gasteiger partial charge in [-0.05, 0) is 31.7 Å². The van der Waals surface area contributed by atoms with Gasteiger partial charge in [0.2, 0.25) is 5.91 Å². The zero-order valence-electron chi connectivity index (χ0n) is 11.4. The van der Waals surface area contributed by atoms with Gasteiger partial charge in [0.15, 0.2) is 0 Å². The Morgan fingerprint density at radius 1 is 1.24 bits per heavy atom. The second-order valence-corrected chi connectivity index (χ2v) is 5.62. The van der Waals surface area contributed by atoms with E-state index in [1.165, 1.54) is 44.9 Å². The first-order valence-corrected chi connectivity index (χ1v) is 7.18. The Kier molecular flexibility index (Phi) is 7.25. The van der Waals surface area contributed by atoms with Crippen molar-refractivity contribution < 1.29 is 4.79 Å². The number of carbonyl (C=O) groups excluding carboxylic acids is 1. The molecule has 0 heterocycles. The molecule has 1 fully saturated rings. The smallest absolute Gasteiger partial charge is 0.234 e. The van der Waals surface area contributed by atoms with E-state index < -0.39 is 0 Å². The average molecular weight is 240 g/mol. The summed E-state index contributed by atoms with van der Waals surface area (Å²) < 4.78 is 0. The average Bonchev–Trinajstić information content (AvgIpc) is 2.75. The highest BCUT2D eigenvalue weighted by Crippen LogP contribution is 2.17. The number of amides is 1. The van der Waals surface area contributed by atoms with Crippen molar-refractivity contribution in [2.75, 3.05) is 13.1 Å². The summed E-state index contributed by atoms with van der Waals surface area (Å²) in [5, 5.41) is 6.31. The molecule has 0 aliphatic heterocycles. The van der Waals surface area contributed by atoms with Crippen molar-refractivity contribution in [1.82, 2.24) is 10.6 Å². The highest BCUT2D eigenvalue weighted by molar-refractivity contribution is 5.78. The first-order chi connectivity index (χ1) is 8.18. The molecule has 0 aromatic heterocycles. The van der Waals surface area contributed by atoms with Gasteiger partial charge in [0.1, 0.15) is 0 Å². The molecule has 0 spiro atoms. The summed E-state index contributed by atoms with van der Waals surface area (Å²) in [5.74, 6) is 0.960. The Balaban J connectivity index is 1.89.